The molecule has 0 unspecified atom stereocenters. The number of hydrogen-bond acceptors (Lipinski definition) is 2. The third-order valence-corrected chi connectivity index (χ3v) is 3.16. The van der Waals surface area contributed by atoms with Gasteiger partial charge in [-0.2, -0.15) is 0 Å². The topological polar surface area (TPSA) is 72.2 Å². The summed E-state index contributed by atoms with van der Waals surface area (Å²) in [5, 5.41) is 2.32. The van der Waals surface area contributed by atoms with Gasteiger partial charge in [0.05, 0.1) is 0 Å². The van der Waals surface area contributed by atoms with Gasteiger partial charge in [-0.3, -0.25) is 9.59 Å². The van der Waals surface area contributed by atoms with Gasteiger partial charge < -0.3 is 11.1 Å². The average molecular weight is 322 g/mol. The van der Waals surface area contributed by atoms with E-state index in [1.54, 1.807) is 6.07 Å². The summed E-state index contributed by atoms with van der Waals surface area (Å²) in [5.41, 5.74) is 5.52. The van der Waals surface area contributed by atoms with Gasteiger partial charge in [0, 0.05) is 12.0 Å². The van der Waals surface area contributed by atoms with Gasteiger partial charge in [0.15, 0.2) is 11.6 Å². The standard InChI is InChI=1S/C16H13F3N2O2/c17-11-3-1-2-9(6-11)7-14(15(20)22)21-16(23)10-4-5-12(18)13(19)8-10/h1-6,8,14H,7H2,(H2,20,22)(H,21,23)/t14-/m1/s1. The molecule has 0 bridgehead atoms. The quantitative estimate of drug-likeness (QED) is 0.883. The molecule has 0 aliphatic heterocycles. The fraction of sp³-hybridized carbons (Fsp3) is 0.125. The fourth-order valence-electron chi connectivity index (χ4n) is 2.00. The van der Waals surface area contributed by atoms with E-state index in [1.165, 1.54) is 18.2 Å². The van der Waals surface area contributed by atoms with Crippen LogP contribution in [0.4, 0.5) is 13.2 Å². The lowest BCUT2D eigenvalue weighted by atomic mass is 10.0. The van der Waals surface area contributed by atoms with Crippen molar-refractivity contribution in [2.75, 3.05) is 0 Å². The van der Waals surface area contributed by atoms with Gasteiger partial charge in [-0.05, 0) is 35.9 Å². The summed E-state index contributed by atoms with van der Waals surface area (Å²) in [6, 6.07) is 6.96. The first-order valence-corrected chi connectivity index (χ1v) is 6.66. The van der Waals surface area contributed by atoms with Crippen molar-refractivity contribution in [3.8, 4) is 0 Å². The first-order chi connectivity index (χ1) is 10.9. The van der Waals surface area contributed by atoms with E-state index in [2.05, 4.69) is 5.32 Å². The number of halogens is 3. The summed E-state index contributed by atoms with van der Waals surface area (Å²) in [6.07, 6.45) is -0.0253. The zero-order valence-electron chi connectivity index (χ0n) is 11.9. The number of carbonyl (C=O) groups excluding carboxylic acids is 2. The van der Waals surface area contributed by atoms with Crippen LogP contribution in [0.15, 0.2) is 42.5 Å². The Morgan fingerprint density at radius 3 is 2.39 bits per heavy atom. The molecular weight excluding hydrogens is 309 g/mol. The molecule has 120 valence electrons. The third-order valence-electron chi connectivity index (χ3n) is 3.16. The van der Waals surface area contributed by atoms with Gasteiger partial charge in [-0.1, -0.05) is 12.1 Å². The fourth-order valence-corrected chi connectivity index (χ4v) is 2.00. The van der Waals surface area contributed by atoms with Gasteiger partial charge in [0.1, 0.15) is 11.9 Å². The third kappa shape index (κ3) is 4.32. The second-order valence-corrected chi connectivity index (χ2v) is 4.89. The minimum absolute atomic E-state index is 0.0253. The summed E-state index contributed by atoms with van der Waals surface area (Å²) in [6.45, 7) is 0. The van der Waals surface area contributed by atoms with Gasteiger partial charge in [-0.15, -0.1) is 0 Å². The van der Waals surface area contributed by atoms with Crippen LogP contribution in [0.2, 0.25) is 0 Å². The molecule has 0 saturated carbocycles. The summed E-state index contributed by atoms with van der Waals surface area (Å²) < 4.78 is 39.1. The molecule has 0 aliphatic carbocycles. The zero-order chi connectivity index (χ0) is 17.0. The Morgan fingerprint density at radius 2 is 1.78 bits per heavy atom. The van der Waals surface area contributed by atoms with E-state index in [0.29, 0.717) is 11.6 Å². The average Bonchev–Trinajstić information content (AvgIpc) is 2.49. The van der Waals surface area contributed by atoms with Crippen molar-refractivity contribution in [3.63, 3.8) is 0 Å². The lowest BCUT2D eigenvalue weighted by molar-refractivity contribution is -0.119. The van der Waals surface area contributed by atoms with E-state index in [0.717, 1.165) is 12.1 Å². The van der Waals surface area contributed by atoms with Crippen molar-refractivity contribution in [3.05, 3.63) is 71.0 Å². The van der Waals surface area contributed by atoms with Crippen LogP contribution in [-0.2, 0) is 11.2 Å². The highest BCUT2D eigenvalue weighted by atomic mass is 19.2. The molecule has 3 N–H and O–H groups in total. The van der Waals surface area contributed by atoms with Crippen LogP contribution in [0.3, 0.4) is 0 Å². The van der Waals surface area contributed by atoms with Gasteiger partial charge in [-0.25, -0.2) is 13.2 Å². The van der Waals surface area contributed by atoms with Gasteiger partial charge >= 0.3 is 0 Å². The Balaban J connectivity index is 2.14. The molecule has 0 heterocycles. The Kier molecular flexibility index (Phi) is 5.00. The van der Waals surface area contributed by atoms with Crippen LogP contribution < -0.4 is 11.1 Å². The maximum atomic E-state index is 13.1. The number of nitrogens with two attached hydrogens (primary N) is 1. The molecule has 1 atom stereocenters. The monoisotopic (exact) mass is 322 g/mol. The molecule has 0 saturated heterocycles. The van der Waals surface area contributed by atoms with Crippen LogP contribution in [0.25, 0.3) is 0 Å². The number of carbonyl (C=O) groups is 2. The lowest BCUT2D eigenvalue weighted by Gasteiger charge is -2.16. The molecule has 23 heavy (non-hydrogen) atoms. The highest BCUT2D eigenvalue weighted by Gasteiger charge is 2.20. The smallest absolute Gasteiger partial charge is 0.252 e. The normalized spacial score (nSPS) is 11.8. The van der Waals surface area contributed by atoms with Crippen LogP contribution >= 0.6 is 0 Å². The van der Waals surface area contributed by atoms with Gasteiger partial charge in [0.2, 0.25) is 5.91 Å². The maximum absolute atomic E-state index is 13.1. The molecule has 2 rings (SSSR count). The predicted octanol–water partition coefficient (Wildman–Crippen LogP) is 1.93. The van der Waals surface area contributed by atoms with Crippen molar-refractivity contribution in [1.29, 1.82) is 0 Å². The summed E-state index contributed by atoms with van der Waals surface area (Å²) >= 11 is 0. The SMILES string of the molecule is NC(=O)[C@@H](Cc1cccc(F)c1)NC(=O)c1ccc(F)c(F)c1. The Morgan fingerprint density at radius 1 is 1.04 bits per heavy atom. The van der Waals surface area contributed by atoms with E-state index in [-0.39, 0.29) is 12.0 Å². The Hall–Kier alpha value is -2.83. The molecule has 0 fully saturated rings. The highest BCUT2D eigenvalue weighted by molar-refractivity contribution is 5.97. The van der Waals surface area contributed by atoms with E-state index in [1.807, 2.05) is 0 Å². The van der Waals surface area contributed by atoms with Crippen molar-refractivity contribution in [1.82, 2.24) is 5.32 Å². The molecule has 2 aromatic carbocycles. The van der Waals surface area contributed by atoms with E-state index in [4.69, 9.17) is 5.73 Å². The van der Waals surface area contributed by atoms with Crippen molar-refractivity contribution < 1.29 is 22.8 Å². The first kappa shape index (κ1) is 16.5. The molecule has 0 radical (unpaired) electrons. The van der Waals surface area contributed by atoms with E-state index >= 15 is 0 Å². The van der Waals surface area contributed by atoms with E-state index < -0.39 is 35.3 Å². The molecular formula is C16H13F3N2O2. The predicted molar refractivity (Wildman–Crippen MR) is 76.9 cm³/mol. The second-order valence-electron chi connectivity index (χ2n) is 4.89. The van der Waals surface area contributed by atoms with Gasteiger partial charge in [0.25, 0.3) is 5.91 Å². The van der Waals surface area contributed by atoms with Crippen LogP contribution in [0.5, 0.6) is 0 Å². The van der Waals surface area contributed by atoms with Crippen LogP contribution in [0, 0.1) is 17.5 Å². The second kappa shape index (κ2) is 6.95. The van der Waals surface area contributed by atoms with Crippen LogP contribution in [-0.4, -0.2) is 17.9 Å². The maximum Gasteiger partial charge on any atom is 0.252 e. The number of hydrogen-bond donors (Lipinski definition) is 2. The summed E-state index contributed by atoms with van der Waals surface area (Å²) in [4.78, 5) is 23.5. The van der Waals surface area contributed by atoms with Crippen molar-refractivity contribution in [2.24, 2.45) is 5.73 Å². The minimum atomic E-state index is -1.18. The number of rotatable bonds is 5. The molecule has 7 heteroatoms. The molecule has 2 amide bonds. The largest absolute Gasteiger partial charge is 0.368 e. The number of nitrogens with one attached hydrogen (secondary N) is 1. The van der Waals surface area contributed by atoms with Crippen molar-refractivity contribution in [2.45, 2.75) is 12.5 Å². The number of primary amides is 1. The summed E-state index contributed by atoms with van der Waals surface area (Å²) in [7, 11) is 0. The lowest BCUT2D eigenvalue weighted by Crippen LogP contribution is -2.45. The highest BCUT2D eigenvalue weighted by Crippen LogP contribution is 2.10. The molecule has 2 aromatic rings. The van der Waals surface area contributed by atoms with E-state index in [9.17, 15) is 22.8 Å². The number of benzene rings is 2. The first-order valence-electron chi connectivity index (χ1n) is 6.66. The number of amides is 2. The van der Waals surface area contributed by atoms with Crippen LogP contribution in [0.1, 0.15) is 15.9 Å². The minimum Gasteiger partial charge on any atom is -0.368 e. The molecule has 0 aliphatic rings. The Labute approximate surface area is 130 Å². The molecule has 0 spiro atoms. The summed E-state index contributed by atoms with van der Waals surface area (Å²) in [5.74, 6) is -4.38. The van der Waals surface area contributed by atoms with Crippen molar-refractivity contribution >= 4 is 11.8 Å². The molecule has 4 nitrogen and oxygen atoms in total. The zero-order valence-corrected chi connectivity index (χ0v) is 11.9. The Bertz CT molecular complexity index is 750. The molecule has 0 aromatic heterocycles.